The SMILES string of the molecule is COc1ccc2c(c1)sc(CCC(=O)[O-])[n+]2C. The number of aromatic nitrogens is 1. The van der Waals surface area contributed by atoms with Crippen LogP contribution in [-0.4, -0.2) is 13.1 Å². The van der Waals surface area contributed by atoms with Gasteiger partial charge in [0.05, 0.1) is 7.11 Å². The Hall–Kier alpha value is -1.62. The number of aliphatic carboxylic acids is 1. The number of hydrogen-bond acceptors (Lipinski definition) is 4. The maximum atomic E-state index is 10.5. The van der Waals surface area contributed by atoms with Crippen molar-refractivity contribution < 1.29 is 19.2 Å². The van der Waals surface area contributed by atoms with Crippen molar-refractivity contribution in [2.45, 2.75) is 12.8 Å². The lowest BCUT2D eigenvalue weighted by molar-refractivity contribution is -0.648. The van der Waals surface area contributed by atoms with Gasteiger partial charge in [0.1, 0.15) is 17.5 Å². The number of fused-ring (bicyclic) bond motifs is 1. The van der Waals surface area contributed by atoms with Gasteiger partial charge < -0.3 is 14.6 Å². The van der Waals surface area contributed by atoms with Crippen LogP contribution in [0.4, 0.5) is 0 Å². The van der Waals surface area contributed by atoms with Crippen molar-refractivity contribution >= 4 is 27.5 Å². The number of carboxylic acid groups (broad SMARTS) is 1. The molecule has 0 aliphatic carbocycles. The summed E-state index contributed by atoms with van der Waals surface area (Å²) in [5, 5.41) is 11.5. The van der Waals surface area contributed by atoms with Crippen LogP contribution in [0.1, 0.15) is 11.4 Å². The fraction of sp³-hybridized carbons (Fsp3) is 0.333. The van der Waals surface area contributed by atoms with Crippen LogP contribution in [0.25, 0.3) is 10.2 Å². The molecule has 0 atom stereocenters. The molecule has 1 heterocycles. The third-order valence-electron chi connectivity index (χ3n) is 2.67. The lowest BCUT2D eigenvalue weighted by atomic mass is 10.3. The molecule has 2 aromatic rings. The van der Waals surface area contributed by atoms with Crippen molar-refractivity contribution in [2.24, 2.45) is 7.05 Å². The van der Waals surface area contributed by atoms with Crippen LogP contribution in [0.5, 0.6) is 5.75 Å². The normalized spacial score (nSPS) is 10.7. The van der Waals surface area contributed by atoms with Crippen molar-refractivity contribution in [3.05, 3.63) is 23.2 Å². The molecular formula is C12H13NO3S. The second-order valence-electron chi connectivity index (χ2n) is 3.76. The van der Waals surface area contributed by atoms with Gasteiger partial charge in [0.2, 0.25) is 10.5 Å². The van der Waals surface area contributed by atoms with Crippen LogP contribution in [0.15, 0.2) is 18.2 Å². The maximum Gasteiger partial charge on any atom is 0.238 e. The van der Waals surface area contributed by atoms with Gasteiger partial charge in [-0.2, -0.15) is 4.57 Å². The number of ether oxygens (including phenoxy) is 1. The van der Waals surface area contributed by atoms with Crippen LogP contribution < -0.4 is 14.4 Å². The Morgan fingerprint density at radius 2 is 2.29 bits per heavy atom. The number of aryl methyl sites for hydroxylation is 2. The molecule has 90 valence electrons. The van der Waals surface area contributed by atoms with Crippen LogP contribution in [-0.2, 0) is 18.3 Å². The summed E-state index contributed by atoms with van der Waals surface area (Å²) in [4.78, 5) is 10.5. The van der Waals surface area contributed by atoms with Crippen molar-refractivity contribution in [3.8, 4) is 5.75 Å². The number of hydrogen-bond donors (Lipinski definition) is 0. The zero-order chi connectivity index (χ0) is 12.4. The lowest BCUT2D eigenvalue weighted by Gasteiger charge is -1.97. The van der Waals surface area contributed by atoms with Gasteiger partial charge in [-0.25, -0.2) is 0 Å². The van der Waals surface area contributed by atoms with E-state index in [4.69, 9.17) is 4.74 Å². The van der Waals surface area contributed by atoms with Gasteiger partial charge in [0.15, 0.2) is 0 Å². The molecule has 1 aromatic carbocycles. The highest BCUT2D eigenvalue weighted by molar-refractivity contribution is 7.18. The smallest absolute Gasteiger partial charge is 0.238 e. The Labute approximate surface area is 103 Å². The quantitative estimate of drug-likeness (QED) is 0.740. The molecule has 0 spiro atoms. The van der Waals surface area contributed by atoms with Crippen LogP contribution in [0, 0.1) is 0 Å². The highest BCUT2D eigenvalue weighted by Gasteiger charge is 2.16. The van der Waals surface area contributed by atoms with Crippen molar-refractivity contribution in [2.75, 3.05) is 7.11 Å². The summed E-state index contributed by atoms with van der Waals surface area (Å²) in [6.45, 7) is 0. The summed E-state index contributed by atoms with van der Waals surface area (Å²) >= 11 is 1.59. The average Bonchev–Trinajstić information content (AvgIpc) is 2.63. The summed E-state index contributed by atoms with van der Waals surface area (Å²) in [6, 6.07) is 5.84. The number of carbonyl (C=O) groups excluding carboxylic acids is 1. The van der Waals surface area contributed by atoms with E-state index in [2.05, 4.69) is 0 Å². The minimum Gasteiger partial charge on any atom is -0.550 e. The van der Waals surface area contributed by atoms with E-state index >= 15 is 0 Å². The van der Waals surface area contributed by atoms with Gasteiger partial charge in [-0.1, -0.05) is 11.3 Å². The fourth-order valence-electron chi connectivity index (χ4n) is 1.74. The zero-order valence-corrected chi connectivity index (χ0v) is 10.5. The molecule has 5 heteroatoms. The van der Waals surface area contributed by atoms with Gasteiger partial charge >= 0.3 is 0 Å². The molecule has 0 saturated heterocycles. The monoisotopic (exact) mass is 251 g/mol. The summed E-state index contributed by atoms with van der Waals surface area (Å²) in [5.41, 5.74) is 1.09. The molecule has 0 aliphatic heterocycles. The number of nitrogens with zero attached hydrogens (tertiary/aromatic N) is 1. The second-order valence-corrected chi connectivity index (χ2v) is 4.88. The number of carbonyl (C=O) groups is 1. The summed E-state index contributed by atoms with van der Waals surface area (Å²) in [5.74, 6) is -0.203. The van der Waals surface area contributed by atoms with Crippen LogP contribution in [0.2, 0.25) is 0 Å². The third kappa shape index (κ3) is 2.39. The van der Waals surface area contributed by atoms with Crippen molar-refractivity contribution in [1.29, 1.82) is 0 Å². The lowest BCUT2D eigenvalue weighted by Crippen LogP contribution is -2.32. The highest BCUT2D eigenvalue weighted by atomic mass is 32.1. The van der Waals surface area contributed by atoms with E-state index in [0.717, 1.165) is 21.0 Å². The van der Waals surface area contributed by atoms with E-state index in [1.54, 1.807) is 18.4 Å². The minimum absolute atomic E-state index is 0.0534. The molecule has 1 aromatic heterocycles. The molecule has 0 bridgehead atoms. The Balaban J connectivity index is 2.38. The zero-order valence-electron chi connectivity index (χ0n) is 9.73. The van der Waals surface area contributed by atoms with Gasteiger partial charge in [0, 0.05) is 24.5 Å². The summed E-state index contributed by atoms with van der Waals surface area (Å²) in [7, 11) is 3.57. The number of benzene rings is 1. The predicted molar refractivity (Wildman–Crippen MR) is 62.9 cm³/mol. The molecule has 0 fully saturated rings. The molecule has 0 aliphatic rings. The maximum absolute atomic E-state index is 10.5. The minimum atomic E-state index is -1.01. The fourth-order valence-corrected chi connectivity index (χ4v) is 2.92. The summed E-state index contributed by atoms with van der Waals surface area (Å²) < 4.78 is 8.28. The first-order valence-electron chi connectivity index (χ1n) is 5.27. The number of carboxylic acids is 1. The summed E-state index contributed by atoms with van der Waals surface area (Å²) in [6.07, 6.45) is 0.554. The van der Waals surface area contributed by atoms with Crippen molar-refractivity contribution in [1.82, 2.24) is 0 Å². The van der Waals surface area contributed by atoms with E-state index in [1.807, 2.05) is 29.8 Å². The van der Waals surface area contributed by atoms with E-state index in [9.17, 15) is 9.90 Å². The number of thiazole rings is 1. The first-order chi connectivity index (χ1) is 8.11. The standard InChI is InChI=1S/C12H13NO3S/c1-13-9-4-3-8(16-2)7-10(9)17-11(13)5-6-12(14)15/h3-4,7H,5-6H2,1-2H3. The topological polar surface area (TPSA) is 53.2 Å². The molecule has 0 unspecified atom stereocenters. The Morgan fingerprint density at radius 3 is 2.94 bits per heavy atom. The molecule has 4 nitrogen and oxygen atoms in total. The molecule has 0 saturated carbocycles. The largest absolute Gasteiger partial charge is 0.550 e. The van der Waals surface area contributed by atoms with Gasteiger partial charge in [-0.05, 0) is 12.5 Å². The Kier molecular flexibility index (Phi) is 3.28. The Bertz CT molecular complexity index is 562. The highest BCUT2D eigenvalue weighted by Crippen LogP contribution is 2.25. The predicted octanol–water partition coefficient (Wildman–Crippen LogP) is 0.417. The molecule has 0 amide bonds. The molecule has 17 heavy (non-hydrogen) atoms. The average molecular weight is 251 g/mol. The first kappa shape index (κ1) is 11.9. The molecular weight excluding hydrogens is 238 g/mol. The van der Waals surface area contributed by atoms with Gasteiger partial charge in [0.25, 0.3) is 0 Å². The van der Waals surface area contributed by atoms with Crippen LogP contribution >= 0.6 is 11.3 Å². The second kappa shape index (κ2) is 4.71. The molecule has 0 radical (unpaired) electrons. The molecule has 0 N–H and O–H groups in total. The van der Waals surface area contributed by atoms with Crippen LogP contribution in [0.3, 0.4) is 0 Å². The molecule has 2 rings (SSSR count). The van der Waals surface area contributed by atoms with Gasteiger partial charge in [-0.3, -0.25) is 0 Å². The Morgan fingerprint density at radius 1 is 1.53 bits per heavy atom. The first-order valence-corrected chi connectivity index (χ1v) is 6.08. The number of rotatable bonds is 4. The van der Waals surface area contributed by atoms with Gasteiger partial charge in [-0.15, -0.1) is 0 Å². The third-order valence-corrected chi connectivity index (χ3v) is 3.93. The van der Waals surface area contributed by atoms with E-state index in [1.165, 1.54) is 0 Å². The van der Waals surface area contributed by atoms with E-state index in [0.29, 0.717) is 6.42 Å². The number of methoxy groups -OCH3 is 1. The van der Waals surface area contributed by atoms with E-state index in [-0.39, 0.29) is 6.42 Å². The van der Waals surface area contributed by atoms with E-state index < -0.39 is 5.97 Å². The van der Waals surface area contributed by atoms with Crippen molar-refractivity contribution in [3.63, 3.8) is 0 Å².